The number of amides is 1. The molecular formula is C17H18N4OS2. The van der Waals surface area contributed by atoms with Crippen molar-refractivity contribution >= 4 is 44.6 Å². The summed E-state index contributed by atoms with van der Waals surface area (Å²) >= 11 is 3.30. The van der Waals surface area contributed by atoms with Gasteiger partial charge in [0.15, 0.2) is 0 Å². The summed E-state index contributed by atoms with van der Waals surface area (Å²) in [6.07, 6.45) is 2.67. The van der Waals surface area contributed by atoms with E-state index < -0.39 is 0 Å². The van der Waals surface area contributed by atoms with Crippen LogP contribution in [0, 0.1) is 0 Å². The molecule has 4 rings (SSSR count). The maximum absolute atomic E-state index is 12.4. The van der Waals surface area contributed by atoms with Crippen molar-refractivity contribution in [3.63, 3.8) is 0 Å². The topological polar surface area (TPSA) is 49.3 Å². The molecule has 1 saturated heterocycles. The standard InChI is InChI=1S/C17H18N4OS2/c1-2-13-9-14-15(18-11-19-16(14)24-13)20-4-6-21(7-5-20)17(22)12-3-8-23-10-12/h3,8-11H,2,4-7H2,1H3. The van der Waals surface area contributed by atoms with E-state index in [-0.39, 0.29) is 5.91 Å². The van der Waals surface area contributed by atoms with Gasteiger partial charge in [0.1, 0.15) is 17.0 Å². The highest BCUT2D eigenvalue weighted by molar-refractivity contribution is 7.18. The Morgan fingerprint density at radius 2 is 2.08 bits per heavy atom. The lowest BCUT2D eigenvalue weighted by molar-refractivity contribution is 0.0747. The van der Waals surface area contributed by atoms with E-state index in [1.54, 1.807) is 29.0 Å². The van der Waals surface area contributed by atoms with Crippen molar-refractivity contribution in [3.05, 3.63) is 39.7 Å². The number of rotatable bonds is 3. The Balaban J connectivity index is 1.52. The third-order valence-electron chi connectivity index (χ3n) is 4.34. The molecule has 124 valence electrons. The molecule has 1 fully saturated rings. The van der Waals surface area contributed by atoms with Gasteiger partial charge in [-0.05, 0) is 23.9 Å². The van der Waals surface area contributed by atoms with Gasteiger partial charge in [-0.3, -0.25) is 4.79 Å². The Kier molecular flexibility index (Phi) is 4.20. The first-order valence-electron chi connectivity index (χ1n) is 8.06. The van der Waals surface area contributed by atoms with Crippen LogP contribution < -0.4 is 4.90 Å². The summed E-state index contributed by atoms with van der Waals surface area (Å²) in [5, 5.41) is 5.00. The summed E-state index contributed by atoms with van der Waals surface area (Å²) in [6, 6.07) is 4.10. The number of nitrogens with zero attached hydrogens (tertiary/aromatic N) is 4. The van der Waals surface area contributed by atoms with Gasteiger partial charge >= 0.3 is 0 Å². The van der Waals surface area contributed by atoms with Crippen molar-refractivity contribution in [2.45, 2.75) is 13.3 Å². The smallest absolute Gasteiger partial charge is 0.254 e. The molecule has 1 aliphatic heterocycles. The molecule has 0 radical (unpaired) electrons. The largest absolute Gasteiger partial charge is 0.352 e. The number of fused-ring (bicyclic) bond motifs is 1. The molecule has 0 bridgehead atoms. The van der Waals surface area contributed by atoms with Crippen LogP contribution in [0.25, 0.3) is 10.2 Å². The van der Waals surface area contributed by atoms with Crippen LogP contribution >= 0.6 is 22.7 Å². The number of aryl methyl sites for hydroxylation is 1. The van der Waals surface area contributed by atoms with E-state index in [0.717, 1.165) is 54.2 Å². The monoisotopic (exact) mass is 358 g/mol. The first-order chi connectivity index (χ1) is 11.8. The van der Waals surface area contributed by atoms with E-state index in [0.29, 0.717) is 0 Å². The Labute approximate surface area is 148 Å². The summed E-state index contributed by atoms with van der Waals surface area (Å²) in [5.41, 5.74) is 0.795. The van der Waals surface area contributed by atoms with Gasteiger partial charge in [0.25, 0.3) is 5.91 Å². The van der Waals surface area contributed by atoms with Gasteiger partial charge in [0.05, 0.1) is 10.9 Å². The SMILES string of the molecule is CCc1cc2c(N3CCN(C(=O)c4ccsc4)CC3)ncnc2s1. The molecule has 0 unspecified atom stereocenters. The van der Waals surface area contributed by atoms with E-state index in [1.165, 1.54) is 4.88 Å². The fraction of sp³-hybridized carbons (Fsp3) is 0.353. The van der Waals surface area contributed by atoms with Crippen LogP contribution in [0.5, 0.6) is 0 Å². The molecule has 5 nitrogen and oxygen atoms in total. The molecule has 24 heavy (non-hydrogen) atoms. The van der Waals surface area contributed by atoms with Gasteiger partial charge in [-0.1, -0.05) is 6.92 Å². The average Bonchev–Trinajstić information content (AvgIpc) is 3.30. The van der Waals surface area contributed by atoms with Gasteiger partial charge in [-0.25, -0.2) is 9.97 Å². The van der Waals surface area contributed by atoms with Gasteiger partial charge in [-0.2, -0.15) is 11.3 Å². The fourth-order valence-corrected chi connectivity index (χ4v) is 4.57. The maximum atomic E-state index is 12.4. The van der Waals surface area contributed by atoms with Crippen LogP contribution in [0.3, 0.4) is 0 Å². The van der Waals surface area contributed by atoms with Gasteiger partial charge in [0, 0.05) is 36.4 Å². The number of piperazine rings is 1. The summed E-state index contributed by atoms with van der Waals surface area (Å²) < 4.78 is 0. The van der Waals surface area contributed by atoms with Crippen LogP contribution in [0.1, 0.15) is 22.2 Å². The Morgan fingerprint density at radius 1 is 1.25 bits per heavy atom. The van der Waals surface area contributed by atoms with Crippen molar-refractivity contribution in [1.82, 2.24) is 14.9 Å². The Hall–Kier alpha value is -1.99. The lowest BCUT2D eigenvalue weighted by Crippen LogP contribution is -2.49. The Bertz CT molecular complexity index is 851. The third kappa shape index (κ3) is 2.78. The minimum Gasteiger partial charge on any atom is -0.352 e. The highest BCUT2D eigenvalue weighted by Crippen LogP contribution is 2.31. The van der Waals surface area contributed by atoms with Crippen LogP contribution in [-0.2, 0) is 6.42 Å². The van der Waals surface area contributed by atoms with Crippen molar-refractivity contribution in [2.24, 2.45) is 0 Å². The number of aromatic nitrogens is 2. The highest BCUT2D eigenvalue weighted by Gasteiger charge is 2.24. The Morgan fingerprint density at radius 3 is 2.79 bits per heavy atom. The predicted molar refractivity (Wildman–Crippen MR) is 99.2 cm³/mol. The lowest BCUT2D eigenvalue weighted by Gasteiger charge is -2.35. The first-order valence-corrected chi connectivity index (χ1v) is 9.82. The van der Waals surface area contributed by atoms with Crippen LogP contribution in [-0.4, -0.2) is 47.0 Å². The highest BCUT2D eigenvalue weighted by atomic mass is 32.1. The van der Waals surface area contributed by atoms with E-state index in [1.807, 2.05) is 21.7 Å². The number of carbonyl (C=O) groups is 1. The summed E-state index contributed by atoms with van der Waals surface area (Å²) in [6.45, 7) is 5.22. The molecule has 1 amide bonds. The zero-order chi connectivity index (χ0) is 16.5. The van der Waals surface area contributed by atoms with E-state index in [9.17, 15) is 4.79 Å². The molecule has 1 aliphatic rings. The van der Waals surface area contributed by atoms with Crippen LogP contribution in [0.2, 0.25) is 0 Å². The second-order valence-corrected chi connectivity index (χ2v) is 7.67. The molecule has 0 N–H and O–H groups in total. The van der Waals surface area contributed by atoms with Crippen LogP contribution in [0.15, 0.2) is 29.2 Å². The van der Waals surface area contributed by atoms with Gasteiger partial charge in [0.2, 0.25) is 0 Å². The molecule has 0 spiro atoms. The normalized spacial score (nSPS) is 15.2. The fourth-order valence-electron chi connectivity index (χ4n) is 3.01. The molecule has 0 aromatic carbocycles. The summed E-state index contributed by atoms with van der Waals surface area (Å²) in [4.78, 5) is 28.0. The van der Waals surface area contributed by atoms with Gasteiger partial charge in [-0.15, -0.1) is 11.3 Å². The van der Waals surface area contributed by atoms with Crippen molar-refractivity contribution in [3.8, 4) is 0 Å². The molecule has 0 aliphatic carbocycles. The zero-order valence-corrected chi connectivity index (χ0v) is 15.1. The number of thiophene rings is 2. The molecule has 0 saturated carbocycles. The molecule has 3 aromatic heterocycles. The molecular weight excluding hydrogens is 340 g/mol. The van der Waals surface area contributed by atoms with Gasteiger partial charge < -0.3 is 9.80 Å². The average molecular weight is 358 g/mol. The maximum Gasteiger partial charge on any atom is 0.254 e. The number of hydrogen-bond acceptors (Lipinski definition) is 6. The number of carbonyl (C=O) groups excluding carboxylic acids is 1. The quantitative estimate of drug-likeness (QED) is 0.721. The predicted octanol–water partition coefficient (Wildman–Crippen LogP) is 3.28. The molecule has 7 heteroatoms. The van der Waals surface area contributed by atoms with E-state index >= 15 is 0 Å². The number of anilines is 1. The minimum atomic E-state index is 0.132. The van der Waals surface area contributed by atoms with Crippen molar-refractivity contribution in [2.75, 3.05) is 31.1 Å². The van der Waals surface area contributed by atoms with E-state index in [4.69, 9.17) is 0 Å². The lowest BCUT2D eigenvalue weighted by atomic mass is 10.2. The summed E-state index contributed by atoms with van der Waals surface area (Å²) in [7, 11) is 0. The third-order valence-corrected chi connectivity index (χ3v) is 6.21. The molecule has 0 atom stereocenters. The van der Waals surface area contributed by atoms with Crippen molar-refractivity contribution in [1.29, 1.82) is 0 Å². The first kappa shape index (κ1) is 15.5. The summed E-state index contributed by atoms with van der Waals surface area (Å²) in [5.74, 6) is 1.13. The molecule has 4 heterocycles. The van der Waals surface area contributed by atoms with Crippen molar-refractivity contribution < 1.29 is 4.79 Å². The molecule has 3 aromatic rings. The zero-order valence-electron chi connectivity index (χ0n) is 13.4. The van der Waals surface area contributed by atoms with E-state index in [2.05, 4.69) is 27.9 Å². The van der Waals surface area contributed by atoms with Crippen LogP contribution in [0.4, 0.5) is 5.82 Å². The second kappa shape index (κ2) is 6.49. The second-order valence-electron chi connectivity index (χ2n) is 5.77. The number of hydrogen-bond donors (Lipinski definition) is 0. The minimum absolute atomic E-state index is 0.132.